The molecule has 152 valence electrons. The van der Waals surface area contributed by atoms with E-state index in [-0.39, 0.29) is 0 Å². The van der Waals surface area contributed by atoms with Gasteiger partial charge in [-0.1, -0.05) is 38.0 Å². The Morgan fingerprint density at radius 1 is 1.19 bits per heavy atom. The van der Waals surface area contributed by atoms with Crippen LogP contribution in [0.1, 0.15) is 57.4 Å². The fraction of sp³-hybridized carbons (Fsp3) is 0.682. The second kappa shape index (κ2) is 11.2. The zero-order valence-corrected chi connectivity index (χ0v) is 17.5. The molecule has 0 heterocycles. The number of hydrogen-bond donors (Lipinski definition) is 2. The topological polar surface area (TPSA) is 54.9 Å². The van der Waals surface area contributed by atoms with Gasteiger partial charge >= 0.3 is 0 Å². The lowest BCUT2D eigenvalue weighted by molar-refractivity contribution is 0.141. The molecule has 1 aromatic carbocycles. The number of para-hydroxylation sites is 1. The van der Waals surface area contributed by atoms with Crippen LogP contribution in [-0.4, -0.2) is 46.4 Å². The summed E-state index contributed by atoms with van der Waals surface area (Å²) < 4.78 is 10.8. The Balaban J connectivity index is 1.98. The summed E-state index contributed by atoms with van der Waals surface area (Å²) in [5, 5.41) is 6.91. The Morgan fingerprint density at radius 2 is 1.93 bits per heavy atom. The monoisotopic (exact) mass is 375 g/mol. The van der Waals surface area contributed by atoms with Gasteiger partial charge in [0.05, 0.1) is 7.11 Å². The van der Waals surface area contributed by atoms with Crippen LogP contribution in [0, 0.1) is 5.41 Å². The number of ether oxygens (including phenoxy) is 2. The van der Waals surface area contributed by atoms with E-state index in [2.05, 4.69) is 36.6 Å². The molecule has 27 heavy (non-hydrogen) atoms. The minimum atomic E-state index is 0.312. The van der Waals surface area contributed by atoms with Crippen LogP contribution in [0.5, 0.6) is 5.75 Å². The summed E-state index contributed by atoms with van der Waals surface area (Å²) in [4.78, 5) is 4.94. The Morgan fingerprint density at radius 3 is 2.59 bits per heavy atom. The number of methoxy groups -OCH3 is 2. The molecule has 0 radical (unpaired) electrons. The smallest absolute Gasteiger partial charge is 0.191 e. The summed E-state index contributed by atoms with van der Waals surface area (Å²) in [5.74, 6) is 2.18. The van der Waals surface area contributed by atoms with Gasteiger partial charge in [0.25, 0.3) is 0 Å². The summed E-state index contributed by atoms with van der Waals surface area (Å²) in [6.07, 6.45) is 6.25. The summed E-state index contributed by atoms with van der Waals surface area (Å²) in [6.45, 7) is 7.69. The highest BCUT2D eigenvalue weighted by atomic mass is 16.5. The van der Waals surface area contributed by atoms with Crippen LogP contribution in [0.4, 0.5) is 0 Å². The fourth-order valence-electron chi connectivity index (χ4n) is 3.95. The van der Waals surface area contributed by atoms with E-state index < -0.39 is 0 Å². The van der Waals surface area contributed by atoms with Gasteiger partial charge in [-0.2, -0.15) is 0 Å². The number of guanidine groups is 1. The third kappa shape index (κ3) is 6.42. The number of nitrogens with one attached hydrogen (secondary N) is 2. The molecule has 1 atom stereocenters. The molecular weight excluding hydrogens is 338 g/mol. The van der Waals surface area contributed by atoms with Crippen LogP contribution in [0.15, 0.2) is 29.3 Å². The van der Waals surface area contributed by atoms with Gasteiger partial charge in [0.15, 0.2) is 5.96 Å². The van der Waals surface area contributed by atoms with Crippen LogP contribution in [0.2, 0.25) is 0 Å². The molecule has 0 saturated heterocycles. The van der Waals surface area contributed by atoms with Crippen molar-refractivity contribution in [1.82, 2.24) is 10.6 Å². The highest BCUT2D eigenvalue weighted by molar-refractivity contribution is 5.79. The molecule has 0 spiro atoms. The molecule has 2 N–H and O–H groups in total. The second-order valence-electron chi connectivity index (χ2n) is 7.67. The van der Waals surface area contributed by atoms with E-state index in [1.807, 2.05) is 12.1 Å². The Hall–Kier alpha value is -1.75. The average molecular weight is 376 g/mol. The van der Waals surface area contributed by atoms with Crippen molar-refractivity contribution >= 4 is 5.96 Å². The normalized spacial score (nSPS) is 17.6. The van der Waals surface area contributed by atoms with Gasteiger partial charge < -0.3 is 20.1 Å². The average Bonchev–Trinajstić information content (AvgIpc) is 3.17. The van der Waals surface area contributed by atoms with E-state index in [1.165, 1.54) is 31.2 Å². The molecule has 0 bridgehead atoms. The van der Waals surface area contributed by atoms with Crippen LogP contribution in [0.3, 0.4) is 0 Å². The molecule has 1 fully saturated rings. The predicted octanol–water partition coefficient (Wildman–Crippen LogP) is 3.95. The summed E-state index contributed by atoms with van der Waals surface area (Å²) in [6, 6.07) is 8.22. The van der Waals surface area contributed by atoms with Gasteiger partial charge in [-0.05, 0) is 43.2 Å². The van der Waals surface area contributed by atoms with Crippen LogP contribution in [0.25, 0.3) is 0 Å². The molecule has 1 saturated carbocycles. The SMILES string of the molecule is CCNC(=NCC1(CCOC)CCCC1)NCC(C)c1ccccc1OC. The van der Waals surface area contributed by atoms with E-state index in [0.29, 0.717) is 11.3 Å². The first kappa shape index (κ1) is 21.5. The molecule has 0 amide bonds. The van der Waals surface area contributed by atoms with Gasteiger partial charge in [-0.15, -0.1) is 0 Å². The van der Waals surface area contributed by atoms with Gasteiger partial charge in [-0.3, -0.25) is 4.99 Å². The molecular formula is C22H37N3O2. The van der Waals surface area contributed by atoms with Gasteiger partial charge in [0, 0.05) is 39.3 Å². The second-order valence-corrected chi connectivity index (χ2v) is 7.67. The fourth-order valence-corrected chi connectivity index (χ4v) is 3.95. The first-order valence-corrected chi connectivity index (χ1v) is 10.3. The highest BCUT2D eigenvalue weighted by Crippen LogP contribution is 2.41. The molecule has 5 heteroatoms. The van der Waals surface area contributed by atoms with Crippen molar-refractivity contribution < 1.29 is 9.47 Å². The lowest BCUT2D eigenvalue weighted by Gasteiger charge is -2.27. The first-order chi connectivity index (χ1) is 13.1. The van der Waals surface area contributed by atoms with Gasteiger partial charge in [0.2, 0.25) is 0 Å². The minimum Gasteiger partial charge on any atom is -0.496 e. The Labute approximate surface area is 164 Å². The van der Waals surface area contributed by atoms with E-state index >= 15 is 0 Å². The summed E-state index contributed by atoms with van der Waals surface area (Å²) in [5.41, 5.74) is 1.53. The standard InChI is InChI=1S/C22H37N3O2/c1-5-23-21(25-17-22(14-15-26-3)12-8-9-13-22)24-16-18(2)19-10-6-7-11-20(19)27-4/h6-7,10-11,18H,5,8-9,12-17H2,1-4H3,(H2,23,24,25). The van der Waals surface area contributed by atoms with Crippen molar-refractivity contribution in [3.8, 4) is 5.75 Å². The summed E-state index contributed by atoms with van der Waals surface area (Å²) >= 11 is 0. The van der Waals surface area contributed by atoms with Crippen molar-refractivity contribution in [3.63, 3.8) is 0 Å². The van der Waals surface area contributed by atoms with Crippen molar-refractivity contribution in [3.05, 3.63) is 29.8 Å². The summed E-state index contributed by atoms with van der Waals surface area (Å²) in [7, 11) is 3.52. The van der Waals surface area contributed by atoms with Crippen molar-refractivity contribution in [1.29, 1.82) is 0 Å². The van der Waals surface area contributed by atoms with Crippen molar-refractivity contribution in [2.24, 2.45) is 10.4 Å². The maximum Gasteiger partial charge on any atom is 0.191 e. The molecule has 5 nitrogen and oxygen atoms in total. The number of aliphatic imine (C=N–C) groups is 1. The maximum absolute atomic E-state index is 5.50. The highest BCUT2D eigenvalue weighted by Gasteiger charge is 2.33. The van der Waals surface area contributed by atoms with Gasteiger partial charge in [0.1, 0.15) is 5.75 Å². The van der Waals surface area contributed by atoms with E-state index in [0.717, 1.165) is 44.4 Å². The Bertz CT molecular complexity index is 583. The van der Waals surface area contributed by atoms with Crippen molar-refractivity contribution in [2.45, 2.75) is 51.9 Å². The first-order valence-electron chi connectivity index (χ1n) is 10.3. The third-order valence-electron chi connectivity index (χ3n) is 5.66. The van der Waals surface area contributed by atoms with Crippen LogP contribution in [-0.2, 0) is 4.74 Å². The minimum absolute atomic E-state index is 0.312. The van der Waals surface area contributed by atoms with E-state index in [9.17, 15) is 0 Å². The number of benzene rings is 1. The molecule has 1 aromatic rings. The van der Waals surface area contributed by atoms with E-state index in [1.54, 1.807) is 14.2 Å². The van der Waals surface area contributed by atoms with E-state index in [4.69, 9.17) is 14.5 Å². The van der Waals surface area contributed by atoms with Crippen LogP contribution >= 0.6 is 0 Å². The van der Waals surface area contributed by atoms with Crippen molar-refractivity contribution in [2.75, 3.05) is 40.5 Å². The molecule has 0 aromatic heterocycles. The van der Waals surface area contributed by atoms with Gasteiger partial charge in [-0.25, -0.2) is 0 Å². The van der Waals surface area contributed by atoms with Crippen LogP contribution < -0.4 is 15.4 Å². The lowest BCUT2D eigenvalue weighted by Crippen LogP contribution is -2.40. The molecule has 1 aliphatic rings. The molecule has 1 unspecified atom stereocenters. The number of nitrogens with zero attached hydrogens (tertiary/aromatic N) is 1. The zero-order valence-electron chi connectivity index (χ0n) is 17.5. The maximum atomic E-state index is 5.50. The molecule has 2 rings (SSSR count). The molecule has 0 aliphatic heterocycles. The number of hydrogen-bond acceptors (Lipinski definition) is 3. The Kier molecular flexibility index (Phi) is 8.92. The quantitative estimate of drug-likeness (QED) is 0.480. The predicted molar refractivity (Wildman–Crippen MR) is 113 cm³/mol. The third-order valence-corrected chi connectivity index (χ3v) is 5.66. The zero-order chi connectivity index (χ0) is 19.5. The number of rotatable bonds is 10. The largest absolute Gasteiger partial charge is 0.496 e. The molecule has 1 aliphatic carbocycles. The lowest BCUT2D eigenvalue weighted by atomic mass is 9.83.